The van der Waals surface area contributed by atoms with E-state index in [1.807, 2.05) is 19.9 Å². The van der Waals surface area contributed by atoms with Crippen LogP contribution in [0.2, 0.25) is 0 Å². The number of allylic oxidation sites excluding steroid dienone is 2. The molecular weight excluding hydrogens is 392 g/mol. The van der Waals surface area contributed by atoms with Crippen LogP contribution in [0, 0.1) is 45.3 Å². The number of hydrogen-bond acceptors (Lipinski definition) is 2. The Balaban J connectivity index is 1.58. The van der Waals surface area contributed by atoms with Gasteiger partial charge in [-0.15, -0.1) is 0 Å². The molecule has 4 rings (SSSR count). The zero-order chi connectivity index (χ0) is 23.7. The summed E-state index contributed by atoms with van der Waals surface area (Å²) in [6, 6.07) is 0. The minimum Gasteiger partial charge on any atom is -0.393 e. The van der Waals surface area contributed by atoms with Crippen LogP contribution in [-0.2, 0) is 0 Å². The lowest BCUT2D eigenvalue weighted by Crippen LogP contribution is -2.63. The Morgan fingerprint density at radius 1 is 0.906 bits per heavy atom. The summed E-state index contributed by atoms with van der Waals surface area (Å²) >= 11 is 0. The average molecular weight is 443 g/mol. The monoisotopic (exact) mass is 442 g/mol. The zero-order valence-electron chi connectivity index (χ0n) is 22.0. The number of hydrogen-bond donors (Lipinski definition) is 2. The lowest BCUT2D eigenvalue weighted by molar-refractivity contribution is -0.220. The van der Waals surface area contributed by atoms with Gasteiger partial charge in [0, 0.05) is 0 Å². The highest BCUT2D eigenvalue weighted by Crippen LogP contribution is 2.75. The zero-order valence-corrected chi connectivity index (χ0v) is 22.0. The number of fused-ring (bicyclic) bond motifs is 5. The van der Waals surface area contributed by atoms with Crippen LogP contribution in [0.3, 0.4) is 0 Å². The van der Waals surface area contributed by atoms with E-state index in [0.717, 1.165) is 24.7 Å². The van der Waals surface area contributed by atoms with Crippen molar-refractivity contribution in [1.82, 2.24) is 0 Å². The summed E-state index contributed by atoms with van der Waals surface area (Å²) in [4.78, 5) is 0. The molecule has 0 bridgehead atoms. The van der Waals surface area contributed by atoms with Gasteiger partial charge in [-0.3, -0.25) is 0 Å². The molecule has 4 saturated carbocycles. The predicted octanol–water partition coefficient (Wildman–Crippen LogP) is 7.31. The van der Waals surface area contributed by atoms with Crippen LogP contribution in [0.15, 0.2) is 24.3 Å². The molecule has 0 aromatic heterocycles. The van der Waals surface area contributed by atoms with Gasteiger partial charge >= 0.3 is 0 Å². The van der Waals surface area contributed by atoms with Crippen LogP contribution in [0.25, 0.3) is 0 Å². The molecular formula is C30H50O2. The highest BCUT2D eigenvalue weighted by molar-refractivity contribution is 5.21. The van der Waals surface area contributed by atoms with E-state index in [2.05, 4.69) is 47.3 Å². The molecule has 2 N–H and O–H groups in total. The Kier molecular flexibility index (Phi) is 5.90. The van der Waals surface area contributed by atoms with Crippen LogP contribution in [0.1, 0.15) is 106 Å². The summed E-state index contributed by atoms with van der Waals surface area (Å²) in [5, 5.41) is 20.9. The van der Waals surface area contributed by atoms with Gasteiger partial charge in [-0.25, -0.2) is 0 Å². The molecule has 2 heteroatoms. The highest BCUT2D eigenvalue weighted by Gasteiger charge is 2.68. The summed E-state index contributed by atoms with van der Waals surface area (Å²) in [7, 11) is 0. The molecule has 32 heavy (non-hydrogen) atoms. The first-order valence-electron chi connectivity index (χ1n) is 13.4. The molecule has 0 aromatic carbocycles. The van der Waals surface area contributed by atoms with Crippen molar-refractivity contribution in [1.29, 1.82) is 0 Å². The van der Waals surface area contributed by atoms with Crippen molar-refractivity contribution in [3.63, 3.8) is 0 Å². The van der Waals surface area contributed by atoms with Gasteiger partial charge < -0.3 is 10.2 Å². The van der Waals surface area contributed by atoms with Crippen molar-refractivity contribution in [2.24, 2.45) is 45.3 Å². The fourth-order valence-electron chi connectivity index (χ4n) is 9.87. The molecule has 0 saturated heterocycles. The molecule has 182 valence electrons. The third kappa shape index (κ3) is 3.49. The summed E-state index contributed by atoms with van der Waals surface area (Å²) < 4.78 is 0. The SMILES string of the molecule is C=C(C/C=C/C(C)(C)O)[C@@H]1CC[C@@]2(C)[C@@H]1CC[C@@H]1[C@@]3(C)CC[C@H](O)C(C)(C)C3CC[C@]12C. The second-order valence-corrected chi connectivity index (χ2v) is 14.1. The van der Waals surface area contributed by atoms with Gasteiger partial charge in [0.05, 0.1) is 11.7 Å². The van der Waals surface area contributed by atoms with E-state index in [0.29, 0.717) is 28.1 Å². The summed E-state index contributed by atoms with van der Waals surface area (Å²) in [6.07, 6.45) is 14.9. The fraction of sp³-hybridized carbons (Fsp3) is 0.867. The predicted molar refractivity (Wildman–Crippen MR) is 134 cm³/mol. The van der Waals surface area contributed by atoms with Gasteiger partial charge in [0.25, 0.3) is 0 Å². The Morgan fingerprint density at radius 2 is 1.56 bits per heavy atom. The highest BCUT2D eigenvalue weighted by atomic mass is 16.3. The van der Waals surface area contributed by atoms with Crippen LogP contribution >= 0.6 is 0 Å². The Hall–Kier alpha value is -0.600. The van der Waals surface area contributed by atoms with Crippen molar-refractivity contribution in [2.75, 3.05) is 0 Å². The maximum absolute atomic E-state index is 10.8. The smallest absolute Gasteiger partial charge is 0.0771 e. The minimum atomic E-state index is -0.745. The molecule has 4 fully saturated rings. The molecule has 2 nitrogen and oxygen atoms in total. The van der Waals surface area contributed by atoms with E-state index in [1.54, 1.807) is 0 Å². The fourth-order valence-corrected chi connectivity index (χ4v) is 9.87. The van der Waals surface area contributed by atoms with E-state index in [1.165, 1.54) is 50.5 Å². The van der Waals surface area contributed by atoms with Crippen molar-refractivity contribution < 1.29 is 10.2 Å². The first-order chi connectivity index (χ1) is 14.7. The molecule has 0 heterocycles. The largest absolute Gasteiger partial charge is 0.393 e. The summed E-state index contributed by atoms with van der Waals surface area (Å²) in [5.74, 6) is 2.77. The summed E-state index contributed by atoms with van der Waals surface area (Å²) in [5.41, 5.74) is 1.79. The van der Waals surface area contributed by atoms with Crippen LogP contribution < -0.4 is 0 Å². The van der Waals surface area contributed by atoms with Gasteiger partial charge in [-0.2, -0.15) is 0 Å². The van der Waals surface area contributed by atoms with Crippen molar-refractivity contribution in [3.8, 4) is 0 Å². The molecule has 0 amide bonds. The van der Waals surface area contributed by atoms with Crippen molar-refractivity contribution in [2.45, 2.75) is 118 Å². The quantitative estimate of drug-likeness (QED) is 0.448. The second kappa shape index (κ2) is 7.70. The average Bonchev–Trinajstić information content (AvgIpc) is 3.03. The lowest BCUT2D eigenvalue weighted by atomic mass is 9.35. The minimum absolute atomic E-state index is 0.0331. The van der Waals surface area contributed by atoms with E-state index in [4.69, 9.17) is 0 Å². The van der Waals surface area contributed by atoms with E-state index in [9.17, 15) is 10.2 Å². The van der Waals surface area contributed by atoms with Gasteiger partial charge in [0.15, 0.2) is 0 Å². The van der Waals surface area contributed by atoms with Gasteiger partial charge in [0.1, 0.15) is 0 Å². The molecule has 0 spiro atoms. The normalized spacial score (nSPS) is 48.2. The molecule has 0 aliphatic heterocycles. The molecule has 0 aromatic rings. The molecule has 4 aliphatic rings. The Morgan fingerprint density at radius 3 is 2.22 bits per heavy atom. The van der Waals surface area contributed by atoms with Gasteiger partial charge in [0.2, 0.25) is 0 Å². The van der Waals surface area contributed by atoms with E-state index < -0.39 is 5.60 Å². The van der Waals surface area contributed by atoms with E-state index in [-0.39, 0.29) is 11.5 Å². The summed E-state index contributed by atoms with van der Waals surface area (Å²) in [6.45, 7) is 20.8. The van der Waals surface area contributed by atoms with E-state index >= 15 is 0 Å². The van der Waals surface area contributed by atoms with Crippen LogP contribution in [0.5, 0.6) is 0 Å². The first kappa shape index (κ1) is 24.5. The number of aliphatic hydroxyl groups is 2. The Labute approximate surface area is 198 Å². The van der Waals surface area contributed by atoms with Crippen molar-refractivity contribution >= 4 is 0 Å². The topological polar surface area (TPSA) is 40.5 Å². The standard InChI is InChI=1S/C30H50O2/c1-20(10-9-16-26(2,3)32)21-13-18-29(7)22(21)11-12-24-28(6)17-15-25(31)27(4,5)23(28)14-19-30(24,29)8/h9,16,21-25,31-32H,1,10-15,17-19H2,2-8H3/b16-9+/t21-,22+,23?,24+,25-,28-,29-,30+/m0/s1. The number of rotatable bonds is 4. The maximum atomic E-state index is 10.8. The first-order valence-corrected chi connectivity index (χ1v) is 13.4. The molecule has 8 atom stereocenters. The van der Waals surface area contributed by atoms with Gasteiger partial charge in [-0.1, -0.05) is 58.9 Å². The lowest BCUT2D eigenvalue weighted by Gasteiger charge is -2.69. The number of aliphatic hydroxyl groups excluding tert-OH is 1. The van der Waals surface area contributed by atoms with Crippen LogP contribution in [-0.4, -0.2) is 21.9 Å². The third-order valence-corrected chi connectivity index (χ3v) is 11.8. The maximum Gasteiger partial charge on any atom is 0.0771 e. The molecule has 0 radical (unpaired) electrons. The van der Waals surface area contributed by atoms with Crippen LogP contribution in [0.4, 0.5) is 0 Å². The van der Waals surface area contributed by atoms with Gasteiger partial charge in [-0.05, 0) is 117 Å². The third-order valence-electron chi connectivity index (χ3n) is 11.8. The molecule has 1 unspecified atom stereocenters. The van der Waals surface area contributed by atoms with Crippen molar-refractivity contribution in [3.05, 3.63) is 24.3 Å². The second-order valence-electron chi connectivity index (χ2n) is 14.1. The Bertz CT molecular complexity index is 772. The molecule has 4 aliphatic carbocycles.